The number of amides is 1. The molecule has 0 spiro atoms. The first kappa shape index (κ1) is 10.8. The van der Waals surface area contributed by atoms with Crippen LogP contribution in [0.25, 0.3) is 0 Å². The molecule has 0 aromatic heterocycles. The molecule has 0 bridgehead atoms. The fourth-order valence-electron chi connectivity index (χ4n) is 1.14. The maximum absolute atomic E-state index is 11.4. The minimum absolute atomic E-state index is 0.0195. The van der Waals surface area contributed by atoms with Crippen LogP contribution in [0.1, 0.15) is 20.8 Å². The molecule has 0 saturated carbocycles. The van der Waals surface area contributed by atoms with Crippen molar-refractivity contribution in [3.63, 3.8) is 0 Å². The van der Waals surface area contributed by atoms with Gasteiger partial charge in [-0.1, -0.05) is 0 Å². The second kappa shape index (κ2) is 4.30. The molecule has 1 aliphatic rings. The van der Waals surface area contributed by atoms with E-state index in [0.717, 1.165) is 13.1 Å². The molecule has 1 heterocycles. The van der Waals surface area contributed by atoms with Gasteiger partial charge in [0.2, 0.25) is 5.91 Å². The summed E-state index contributed by atoms with van der Waals surface area (Å²) in [7, 11) is 0. The molecule has 5 heteroatoms. The molecule has 1 amide bonds. The molecule has 0 unspecified atom stereocenters. The molecule has 1 aliphatic heterocycles. The van der Waals surface area contributed by atoms with Crippen molar-refractivity contribution in [3.05, 3.63) is 0 Å². The van der Waals surface area contributed by atoms with Crippen LogP contribution in [0.3, 0.4) is 0 Å². The molecule has 80 valence electrons. The summed E-state index contributed by atoms with van der Waals surface area (Å²) < 4.78 is 0. The lowest BCUT2D eigenvalue weighted by molar-refractivity contribution is -0.121. The van der Waals surface area contributed by atoms with E-state index in [9.17, 15) is 4.79 Å². The first-order valence-corrected chi connectivity index (χ1v) is 4.80. The molecule has 0 aliphatic carbocycles. The molecule has 0 fully saturated rings. The maximum Gasteiger partial charge on any atom is 0.239 e. The van der Waals surface area contributed by atoms with E-state index in [4.69, 9.17) is 0 Å². The minimum Gasteiger partial charge on any atom is -0.355 e. The fraction of sp³-hybridized carbons (Fsp3) is 0.778. The molecule has 1 rings (SSSR count). The zero-order valence-electron chi connectivity index (χ0n) is 8.98. The SMILES string of the molecule is CC(C)(C)NC(=O)CNC1=NCCN1. The van der Waals surface area contributed by atoms with Gasteiger partial charge in [0.15, 0.2) is 5.96 Å². The third-order valence-corrected chi connectivity index (χ3v) is 1.60. The summed E-state index contributed by atoms with van der Waals surface area (Å²) in [5.74, 6) is 0.697. The Morgan fingerprint density at radius 2 is 2.29 bits per heavy atom. The molecule has 0 aromatic rings. The summed E-state index contributed by atoms with van der Waals surface area (Å²) in [5, 5.41) is 8.82. The third kappa shape index (κ3) is 4.11. The number of hydrogen-bond acceptors (Lipinski definition) is 4. The predicted octanol–water partition coefficient (Wildman–Crippen LogP) is -0.550. The zero-order valence-corrected chi connectivity index (χ0v) is 8.98. The van der Waals surface area contributed by atoms with Crippen LogP contribution in [0.4, 0.5) is 0 Å². The van der Waals surface area contributed by atoms with Gasteiger partial charge in [-0.3, -0.25) is 9.79 Å². The molecular formula is C9H18N4O. The monoisotopic (exact) mass is 198 g/mol. The summed E-state index contributed by atoms with van der Waals surface area (Å²) in [4.78, 5) is 15.5. The Hall–Kier alpha value is -1.26. The highest BCUT2D eigenvalue weighted by molar-refractivity contribution is 5.87. The lowest BCUT2D eigenvalue weighted by Crippen LogP contribution is -2.47. The number of carbonyl (C=O) groups is 1. The van der Waals surface area contributed by atoms with Gasteiger partial charge in [0, 0.05) is 12.1 Å². The van der Waals surface area contributed by atoms with Crippen LogP contribution in [0, 0.1) is 0 Å². The van der Waals surface area contributed by atoms with Crippen molar-refractivity contribution in [2.45, 2.75) is 26.3 Å². The lowest BCUT2D eigenvalue weighted by atomic mass is 10.1. The van der Waals surface area contributed by atoms with Crippen LogP contribution in [0.2, 0.25) is 0 Å². The van der Waals surface area contributed by atoms with E-state index in [1.807, 2.05) is 20.8 Å². The summed E-state index contributed by atoms with van der Waals surface area (Å²) in [6, 6.07) is 0. The van der Waals surface area contributed by atoms with Crippen LogP contribution < -0.4 is 16.0 Å². The average molecular weight is 198 g/mol. The number of aliphatic imine (C=N–C) groups is 1. The smallest absolute Gasteiger partial charge is 0.239 e. The van der Waals surface area contributed by atoms with Gasteiger partial charge in [0.25, 0.3) is 0 Å². The van der Waals surface area contributed by atoms with Crippen LogP contribution in [0.5, 0.6) is 0 Å². The van der Waals surface area contributed by atoms with Crippen molar-refractivity contribution < 1.29 is 4.79 Å². The van der Waals surface area contributed by atoms with Gasteiger partial charge in [0.05, 0.1) is 13.1 Å². The Kier molecular flexibility index (Phi) is 3.33. The first-order valence-electron chi connectivity index (χ1n) is 4.80. The minimum atomic E-state index is -0.177. The van der Waals surface area contributed by atoms with E-state index >= 15 is 0 Å². The second-order valence-corrected chi connectivity index (χ2v) is 4.31. The van der Waals surface area contributed by atoms with E-state index in [0.29, 0.717) is 5.96 Å². The summed E-state index contributed by atoms with van der Waals surface area (Å²) >= 11 is 0. The highest BCUT2D eigenvalue weighted by Gasteiger charge is 2.14. The van der Waals surface area contributed by atoms with E-state index < -0.39 is 0 Å². The molecule has 3 N–H and O–H groups in total. The summed E-state index contributed by atoms with van der Waals surface area (Å²) in [5.41, 5.74) is -0.177. The van der Waals surface area contributed by atoms with Crippen molar-refractivity contribution in [1.29, 1.82) is 0 Å². The molecule has 14 heavy (non-hydrogen) atoms. The van der Waals surface area contributed by atoms with E-state index in [1.165, 1.54) is 0 Å². The van der Waals surface area contributed by atoms with Crippen molar-refractivity contribution in [2.75, 3.05) is 19.6 Å². The van der Waals surface area contributed by atoms with Gasteiger partial charge in [-0.25, -0.2) is 0 Å². The molecular weight excluding hydrogens is 180 g/mol. The molecule has 0 aromatic carbocycles. The van der Waals surface area contributed by atoms with Crippen LogP contribution >= 0.6 is 0 Å². The fourth-order valence-corrected chi connectivity index (χ4v) is 1.14. The van der Waals surface area contributed by atoms with Crippen molar-refractivity contribution >= 4 is 11.9 Å². The molecule has 0 radical (unpaired) electrons. The van der Waals surface area contributed by atoms with Crippen LogP contribution in [0.15, 0.2) is 4.99 Å². The maximum atomic E-state index is 11.4. The van der Waals surface area contributed by atoms with Gasteiger partial charge in [-0.05, 0) is 20.8 Å². The quantitative estimate of drug-likeness (QED) is 0.558. The topological polar surface area (TPSA) is 65.5 Å². The molecule has 0 saturated heterocycles. The predicted molar refractivity (Wildman–Crippen MR) is 56.2 cm³/mol. The van der Waals surface area contributed by atoms with Gasteiger partial charge in [0.1, 0.15) is 0 Å². The first-order chi connectivity index (χ1) is 6.47. The number of rotatable bonds is 2. The Morgan fingerprint density at radius 3 is 2.79 bits per heavy atom. The number of carbonyl (C=O) groups excluding carboxylic acids is 1. The van der Waals surface area contributed by atoms with Gasteiger partial charge in [-0.15, -0.1) is 0 Å². The van der Waals surface area contributed by atoms with Crippen molar-refractivity contribution in [1.82, 2.24) is 16.0 Å². The third-order valence-electron chi connectivity index (χ3n) is 1.60. The van der Waals surface area contributed by atoms with E-state index in [-0.39, 0.29) is 18.0 Å². The molecule has 5 nitrogen and oxygen atoms in total. The van der Waals surface area contributed by atoms with Crippen LogP contribution in [-0.2, 0) is 4.79 Å². The Balaban J connectivity index is 2.21. The number of guanidine groups is 1. The largest absolute Gasteiger partial charge is 0.355 e. The summed E-state index contributed by atoms with van der Waals surface area (Å²) in [6.45, 7) is 7.76. The normalized spacial score (nSPS) is 15.8. The lowest BCUT2D eigenvalue weighted by Gasteiger charge is -2.20. The Morgan fingerprint density at radius 1 is 1.57 bits per heavy atom. The van der Waals surface area contributed by atoms with Crippen molar-refractivity contribution in [2.24, 2.45) is 4.99 Å². The second-order valence-electron chi connectivity index (χ2n) is 4.31. The molecule has 0 atom stereocenters. The van der Waals surface area contributed by atoms with Crippen molar-refractivity contribution in [3.8, 4) is 0 Å². The zero-order chi connectivity index (χ0) is 10.6. The van der Waals surface area contributed by atoms with E-state index in [2.05, 4.69) is 20.9 Å². The van der Waals surface area contributed by atoms with Gasteiger partial charge < -0.3 is 16.0 Å². The highest BCUT2D eigenvalue weighted by Crippen LogP contribution is 1.97. The number of hydrogen-bond donors (Lipinski definition) is 3. The standard InChI is InChI=1S/C9H18N4O/c1-9(2,3)13-7(14)6-12-8-10-4-5-11-8/h4-6H2,1-3H3,(H,13,14)(H2,10,11,12). The van der Waals surface area contributed by atoms with Crippen LogP contribution in [-0.4, -0.2) is 37.0 Å². The van der Waals surface area contributed by atoms with Gasteiger partial charge >= 0.3 is 0 Å². The number of nitrogens with zero attached hydrogens (tertiary/aromatic N) is 1. The number of nitrogens with one attached hydrogen (secondary N) is 3. The highest BCUT2D eigenvalue weighted by atomic mass is 16.2. The Bertz CT molecular complexity index is 242. The Labute approximate surface area is 84.4 Å². The van der Waals surface area contributed by atoms with Gasteiger partial charge in [-0.2, -0.15) is 0 Å². The average Bonchev–Trinajstić information content (AvgIpc) is 2.49. The van der Waals surface area contributed by atoms with E-state index in [1.54, 1.807) is 0 Å². The summed E-state index contributed by atoms with van der Waals surface area (Å²) in [6.07, 6.45) is 0.